The van der Waals surface area contributed by atoms with E-state index in [1.54, 1.807) is 18.0 Å². The van der Waals surface area contributed by atoms with Crippen molar-refractivity contribution in [2.45, 2.75) is 10.9 Å². The number of rotatable bonds is 4. The molecule has 0 unspecified atom stereocenters. The predicted octanol–water partition coefficient (Wildman–Crippen LogP) is 2.76. The van der Waals surface area contributed by atoms with Crippen LogP contribution in [0.4, 0.5) is 0 Å². The van der Waals surface area contributed by atoms with Crippen LogP contribution in [0, 0.1) is 0 Å². The first-order valence-electron chi connectivity index (χ1n) is 5.81. The second kappa shape index (κ2) is 5.27. The number of imidazole rings is 1. The molecule has 5 nitrogen and oxygen atoms in total. The zero-order chi connectivity index (χ0) is 13.1. The van der Waals surface area contributed by atoms with E-state index >= 15 is 0 Å². The molecular formula is C13H12N4OS. The summed E-state index contributed by atoms with van der Waals surface area (Å²) in [4.78, 5) is 8.61. The fourth-order valence-corrected chi connectivity index (χ4v) is 2.40. The molecule has 2 aromatic heterocycles. The summed E-state index contributed by atoms with van der Waals surface area (Å²) in [5.41, 5.74) is 0.958. The van der Waals surface area contributed by atoms with Gasteiger partial charge in [-0.25, -0.2) is 4.98 Å². The Bertz CT molecular complexity index is 662. The van der Waals surface area contributed by atoms with Crippen molar-refractivity contribution in [1.29, 1.82) is 0 Å². The molecule has 1 aromatic carbocycles. The van der Waals surface area contributed by atoms with Crippen LogP contribution in [-0.4, -0.2) is 19.7 Å². The molecule has 0 radical (unpaired) electrons. The first kappa shape index (κ1) is 12.0. The standard InChI is InChI=1S/C13H12N4OS/c1-17-8-7-14-13(17)19-9-11-15-12(16-18-11)10-5-3-2-4-6-10/h2-8H,9H2,1H3. The van der Waals surface area contributed by atoms with Crippen LogP contribution in [0.5, 0.6) is 0 Å². The van der Waals surface area contributed by atoms with Crippen molar-refractivity contribution in [1.82, 2.24) is 19.7 Å². The summed E-state index contributed by atoms with van der Waals surface area (Å²) in [6.07, 6.45) is 3.68. The first-order valence-corrected chi connectivity index (χ1v) is 6.79. The monoisotopic (exact) mass is 272 g/mol. The lowest BCUT2D eigenvalue weighted by Gasteiger charge is -1.97. The normalized spacial score (nSPS) is 10.8. The summed E-state index contributed by atoms with van der Waals surface area (Å²) in [6.45, 7) is 0. The average molecular weight is 272 g/mol. The topological polar surface area (TPSA) is 56.7 Å². The van der Waals surface area contributed by atoms with E-state index in [4.69, 9.17) is 4.52 Å². The highest BCUT2D eigenvalue weighted by Gasteiger charge is 2.09. The summed E-state index contributed by atoms with van der Waals surface area (Å²) in [7, 11) is 1.96. The SMILES string of the molecule is Cn1ccnc1SCc1nc(-c2ccccc2)no1. The van der Waals surface area contributed by atoms with Gasteiger partial charge in [0.05, 0.1) is 5.75 Å². The number of nitrogens with zero attached hydrogens (tertiary/aromatic N) is 4. The summed E-state index contributed by atoms with van der Waals surface area (Å²) < 4.78 is 7.20. The highest BCUT2D eigenvalue weighted by atomic mass is 32.2. The van der Waals surface area contributed by atoms with E-state index in [9.17, 15) is 0 Å². The maximum absolute atomic E-state index is 5.24. The minimum atomic E-state index is 0.604. The van der Waals surface area contributed by atoms with Gasteiger partial charge in [0, 0.05) is 25.0 Å². The largest absolute Gasteiger partial charge is 0.338 e. The third-order valence-corrected chi connectivity index (χ3v) is 3.64. The van der Waals surface area contributed by atoms with E-state index in [1.807, 2.05) is 48.1 Å². The van der Waals surface area contributed by atoms with E-state index in [0.717, 1.165) is 10.7 Å². The summed E-state index contributed by atoms with van der Waals surface area (Å²) in [5, 5.41) is 4.91. The highest BCUT2D eigenvalue weighted by molar-refractivity contribution is 7.98. The van der Waals surface area contributed by atoms with E-state index in [0.29, 0.717) is 17.5 Å². The molecule has 0 aliphatic rings. The molecule has 0 fully saturated rings. The van der Waals surface area contributed by atoms with Crippen LogP contribution >= 0.6 is 11.8 Å². The molecule has 2 heterocycles. The van der Waals surface area contributed by atoms with Crippen molar-refractivity contribution < 1.29 is 4.52 Å². The average Bonchev–Trinajstić information content (AvgIpc) is 3.06. The predicted molar refractivity (Wildman–Crippen MR) is 72.5 cm³/mol. The van der Waals surface area contributed by atoms with Gasteiger partial charge in [0.25, 0.3) is 0 Å². The molecule has 0 amide bonds. The Morgan fingerprint density at radius 2 is 2.11 bits per heavy atom. The second-order valence-corrected chi connectivity index (χ2v) is 4.93. The molecular weight excluding hydrogens is 260 g/mol. The van der Waals surface area contributed by atoms with E-state index in [1.165, 1.54) is 0 Å². The van der Waals surface area contributed by atoms with Crippen LogP contribution in [0.2, 0.25) is 0 Å². The number of hydrogen-bond acceptors (Lipinski definition) is 5. The lowest BCUT2D eigenvalue weighted by molar-refractivity contribution is 0.391. The molecule has 0 aliphatic heterocycles. The molecule has 0 spiro atoms. The smallest absolute Gasteiger partial charge is 0.237 e. The fourth-order valence-electron chi connectivity index (χ4n) is 1.64. The van der Waals surface area contributed by atoms with Gasteiger partial charge in [-0.05, 0) is 0 Å². The zero-order valence-corrected chi connectivity index (χ0v) is 11.2. The molecule has 3 aromatic rings. The molecule has 3 rings (SSSR count). The van der Waals surface area contributed by atoms with Crippen LogP contribution < -0.4 is 0 Å². The van der Waals surface area contributed by atoms with E-state index in [-0.39, 0.29) is 0 Å². The summed E-state index contributed by atoms with van der Waals surface area (Å²) in [5.74, 6) is 1.84. The molecule has 0 N–H and O–H groups in total. The van der Waals surface area contributed by atoms with Crippen molar-refractivity contribution in [2.24, 2.45) is 7.05 Å². The van der Waals surface area contributed by atoms with Gasteiger partial charge in [-0.15, -0.1) is 0 Å². The van der Waals surface area contributed by atoms with Crippen LogP contribution in [0.1, 0.15) is 5.89 Å². The Kier molecular flexibility index (Phi) is 3.33. The minimum absolute atomic E-state index is 0.604. The van der Waals surface area contributed by atoms with Gasteiger partial charge >= 0.3 is 0 Å². The molecule has 0 aliphatic carbocycles. The minimum Gasteiger partial charge on any atom is -0.338 e. The van der Waals surface area contributed by atoms with Gasteiger partial charge in [-0.2, -0.15) is 4.98 Å². The lowest BCUT2D eigenvalue weighted by Crippen LogP contribution is -1.90. The van der Waals surface area contributed by atoms with Crippen LogP contribution in [0.3, 0.4) is 0 Å². The Morgan fingerprint density at radius 3 is 2.84 bits per heavy atom. The summed E-state index contributed by atoms with van der Waals surface area (Å²) >= 11 is 1.57. The van der Waals surface area contributed by atoms with Crippen molar-refractivity contribution >= 4 is 11.8 Å². The first-order chi connectivity index (χ1) is 9.33. The molecule has 0 atom stereocenters. The molecule has 19 heavy (non-hydrogen) atoms. The van der Waals surface area contributed by atoms with Crippen LogP contribution in [0.25, 0.3) is 11.4 Å². The van der Waals surface area contributed by atoms with Crippen LogP contribution in [-0.2, 0) is 12.8 Å². The third-order valence-electron chi connectivity index (χ3n) is 2.60. The van der Waals surface area contributed by atoms with Gasteiger partial charge in [0.2, 0.25) is 11.7 Å². The number of aryl methyl sites for hydroxylation is 1. The van der Waals surface area contributed by atoms with Crippen molar-refractivity contribution in [3.63, 3.8) is 0 Å². The zero-order valence-electron chi connectivity index (χ0n) is 10.4. The lowest BCUT2D eigenvalue weighted by atomic mass is 10.2. The Labute approximate surface area is 114 Å². The third kappa shape index (κ3) is 2.68. The number of hydrogen-bond donors (Lipinski definition) is 0. The maximum atomic E-state index is 5.24. The van der Waals surface area contributed by atoms with Gasteiger partial charge < -0.3 is 9.09 Å². The molecule has 0 saturated carbocycles. The molecule has 0 saturated heterocycles. The Morgan fingerprint density at radius 1 is 1.26 bits per heavy atom. The Balaban J connectivity index is 1.70. The molecule has 6 heteroatoms. The molecule has 96 valence electrons. The number of thioether (sulfide) groups is 1. The van der Waals surface area contributed by atoms with E-state index in [2.05, 4.69) is 15.1 Å². The Hall–Kier alpha value is -2.08. The van der Waals surface area contributed by atoms with E-state index < -0.39 is 0 Å². The van der Waals surface area contributed by atoms with Crippen molar-refractivity contribution in [2.75, 3.05) is 0 Å². The quantitative estimate of drug-likeness (QED) is 0.683. The maximum Gasteiger partial charge on any atom is 0.237 e. The fraction of sp³-hybridized carbons (Fsp3) is 0.154. The van der Waals surface area contributed by atoms with Crippen molar-refractivity contribution in [3.05, 3.63) is 48.6 Å². The van der Waals surface area contributed by atoms with Gasteiger partial charge in [-0.3, -0.25) is 0 Å². The second-order valence-electron chi connectivity index (χ2n) is 3.99. The summed E-state index contributed by atoms with van der Waals surface area (Å²) in [6, 6.07) is 9.78. The van der Waals surface area contributed by atoms with Gasteiger partial charge in [0.15, 0.2) is 5.16 Å². The molecule has 0 bridgehead atoms. The van der Waals surface area contributed by atoms with Gasteiger partial charge in [-0.1, -0.05) is 47.3 Å². The van der Waals surface area contributed by atoms with Crippen LogP contribution in [0.15, 0.2) is 52.4 Å². The van der Waals surface area contributed by atoms with Gasteiger partial charge in [0.1, 0.15) is 0 Å². The highest BCUT2D eigenvalue weighted by Crippen LogP contribution is 2.21. The number of benzene rings is 1. The number of aromatic nitrogens is 4. The van der Waals surface area contributed by atoms with Crippen molar-refractivity contribution in [3.8, 4) is 11.4 Å².